The summed E-state index contributed by atoms with van der Waals surface area (Å²) in [6.07, 6.45) is 1.46. The molecule has 1 aliphatic heterocycles. The molecule has 1 amide bonds. The van der Waals surface area contributed by atoms with Crippen LogP contribution in [0.25, 0.3) is 0 Å². The van der Waals surface area contributed by atoms with Gasteiger partial charge < -0.3 is 19.5 Å². The van der Waals surface area contributed by atoms with Gasteiger partial charge in [-0.25, -0.2) is 0 Å². The minimum Gasteiger partial charge on any atom is -0.495 e. The number of hydrogen-bond acceptors (Lipinski definition) is 6. The van der Waals surface area contributed by atoms with E-state index in [4.69, 9.17) is 9.26 Å². The third-order valence-electron chi connectivity index (χ3n) is 4.17. The van der Waals surface area contributed by atoms with Crippen LogP contribution in [0, 0.1) is 0 Å². The number of amides is 1. The maximum Gasteiger partial charge on any atom is 0.289 e. The van der Waals surface area contributed by atoms with Gasteiger partial charge in [-0.3, -0.25) is 9.69 Å². The van der Waals surface area contributed by atoms with Crippen LogP contribution in [0.15, 0.2) is 41.1 Å². The topological polar surface area (TPSA) is 70.8 Å². The highest BCUT2D eigenvalue weighted by Crippen LogP contribution is 2.28. The second kappa shape index (κ2) is 7.83. The summed E-state index contributed by atoms with van der Waals surface area (Å²) in [6, 6.07) is 9.65. The number of nitrogens with zero attached hydrogens (tertiary/aromatic N) is 3. The lowest BCUT2D eigenvalue weighted by atomic mass is 10.2. The summed E-state index contributed by atoms with van der Waals surface area (Å²) in [4.78, 5) is 16.4. The highest BCUT2D eigenvalue weighted by molar-refractivity contribution is 5.91. The Morgan fingerprint density at radius 2 is 2.04 bits per heavy atom. The molecule has 0 atom stereocenters. The molecule has 0 bridgehead atoms. The van der Waals surface area contributed by atoms with Crippen molar-refractivity contribution in [3.63, 3.8) is 0 Å². The van der Waals surface area contributed by atoms with E-state index in [0.717, 1.165) is 44.2 Å². The van der Waals surface area contributed by atoms with E-state index in [1.165, 1.54) is 6.20 Å². The molecule has 1 aromatic heterocycles. The molecule has 7 nitrogen and oxygen atoms in total. The maximum absolute atomic E-state index is 11.8. The Hall–Kier alpha value is -2.54. The minimum absolute atomic E-state index is 0.222. The molecule has 1 N–H and O–H groups in total. The van der Waals surface area contributed by atoms with E-state index in [9.17, 15) is 4.79 Å². The Balaban J connectivity index is 1.43. The Labute approximate surface area is 141 Å². The van der Waals surface area contributed by atoms with Crippen molar-refractivity contribution in [2.45, 2.75) is 0 Å². The van der Waals surface area contributed by atoms with Crippen LogP contribution >= 0.6 is 0 Å². The largest absolute Gasteiger partial charge is 0.495 e. The molecular formula is C17H22N4O3. The van der Waals surface area contributed by atoms with Crippen molar-refractivity contribution in [3.05, 3.63) is 42.3 Å². The lowest BCUT2D eigenvalue weighted by Crippen LogP contribution is -2.48. The molecule has 1 fully saturated rings. The fourth-order valence-electron chi connectivity index (χ4n) is 2.85. The number of carbonyl (C=O) groups excluding carboxylic acids is 1. The first-order valence-electron chi connectivity index (χ1n) is 8.07. The molecule has 0 radical (unpaired) electrons. The second-order valence-corrected chi connectivity index (χ2v) is 5.63. The summed E-state index contributed by atoms with van der Waals surface area (Å²) in [6.45, 7) is 5.20. The molecule has 2 heterocycles. The van der Waals surface area contributed by atoms with E-state index in [-0.39, 0.29) is 11.7 Å². The van der Waals surface area contributed by atoms with Gasteiger partial charge in [0.2, 0.25) is 5.76 Å². The molecule has 1 aliphatic rings. The molecule has 0 saturated carbocycles. The highest BCUT2D eigenvalue weighted by atomic mass is 16.5. The zero-order valence-electron chi connectivity index (χ0n) is 13.8. The van der Waals surface area contributed by atoms with E-state index in [2.05, 4.69) is 26.3 Å². The van der Waals surface area contributed by atoms with Gasteiger partial charge in [-0.05, 0) is 12.1 Å². The van der Waals surface area contributed by atoms with Crippen LogP contribution in [-0.4, -0.2) is 62.3 Å². The quantitative estimate of drug-likeness (QED) is 0.859. The summed E-state index contributed by atoms with van der Waals surface area (Å²) in [5, 5.41) is 6.38. The number of rotatable bonds is 6. The van der Waals surface area contributed by atoms with Crippen LogP contribution in [0.3, 0.4) is 0 Å². The van der Waals surface area contributed by atoms with Gasteiger partial charge in [0, 0.05) is 45.3 Å². The van der Waals surface area contributed by atoms with Gasteiger partial charge in [-0.1, -0.05) is 17.3 Å². The fourth-order valence-corrected chi connectivity index (χ4v) is 2.85. The molecule has 0 unspecified atom stereocenters. The van der Waals surface area contributed by atoms with Crippen molar-refractivity contribution in [1.82, 2.24) is 15.4 Å². The molecule has 0 spiro atoms. The molecule has 24 heavy (non-hydrogen) atoms. The fraction of sp³-hybridized carbons (Fsp3) is 0.412. The summed E-state index contributed by atoms with van der Waals surface area (Å²) in [5.41, 5.74) is 1.14. The van der Waals surface area contributed by atoms with E-state index in [0.29, 0.717) is 6.54 Å². The summed E-state index contributed by atoms with van der Waals surface area (Å²) < 4.78 is 10.3. The minimum atomic E-state index is -0.222. The lowest BCUT2D eigenvalue weighted by molar-refractivity contribution is 0.0911. The number of aromatic nitrogens is 1. The Kier molecular flexibility index (Phi) is 5.32. The first kappa shape index (κ1) is 16.3. The third kappa shape index (κ3) is 3.86. The second-order valence-electron chi connectivity index (χ2n) is 5.63. The van der Waals surface area contributed by atoms with E-state index in [1.807, 2.05) is 18.2 Å². The normalized spacial score (nSPS) is 15.3. The zero-order valence-corrected chi connectivity index (χ0v) is 13.8. The van der Waals surface area contributed by atoms with Crippen LogP contribution in [0.5, 0.6) is 5.75 Å². The van der Waals surface area contributed by atoms with Gasteiger partial charge in [-0.2, -0.15) is 0 Å². The van der Waals surface area contributed by atoms with Crippen LogP contribution in [0.4, 0.5) is 5.69 Å². The number of para-hydroxylation sites is 2. The third-order valence-corrected chi connectivity index (χ3v) is 4.17. The maximum atomic E-state index is 11.8. The smallest absolute Gasteiger partial charge is 0.289 e. The number of carbonyl (C=O) groups is 1. The molecule has 1 saturated heterocycles. The Morgan fingerprint density at radius 3 is 2.75 bits per heavy atom. The average Bonchev–Trinajstić information content (AvgIpc) is 3.17. The van der Waals surface area contributed by atoms with Gasteiger partial charge in [0.15, 0.2) is 0 Å². The van der Waals surface area contributed by atoms with Gasteiger partial charge >= 0.3 is 0 Å². The van der Waals surface area contributed by atoms with Gasteiger partial charge in [0.05, 0.1) is 19.0 Å². The van der Waals surface area contributed by atoms with Crippen LogP contribution in [-0.2, 0) is 0 Å². The van der Waals surface area contributed by atoms with Crippen molar-refractivity contribution in [1.29, 1.82) is 0 Å². The molecule has 0 aliphatic carbocycles. The van der Waals surface area contributed by atoms with Gasteiger partial charge in [-0.15, -0.1) is 0 Å². The Morgan fingerprint density at radius 1 is 1.25 bits per heavy atom. The van der Waals surface area contributed by atoms with E-state index < -0.39 is 0 Å². The number of anilines is 1. The first-order chi connectivity index (χ1) is 11.8. The summed E-state index contributed by atoms with van der Waals surface area (Å²) >= 11 is 0. The zero-order chi connectivity index (χ0) is 16.8. The summed E-state index contributed by atoms with van der Waals surface area (Å²) in [7, 11) is 1.70. The molecule has 3 rings (SSSR count). The first-order valence-corrected chi connectivity index (χ1v) is 8.07. The van der Waals surface area contributed by atoms with Crippen LogP contribution in [0.2, 0.25) is 0 Å². The molecule has 2 aromatic rings. The highest BCUT2D eigenvalue weighted by Gasteiger charge is 2.19. The average molecular weight is 330 g/mol. The lowest BCUT2D eigenvalue weighted by Gasteiger charge is -2.36. The monoisotopic (exact) mass is 330 g/mol. The number of benzene rings is 1. The molecular weight excluding hydrogens is 308 g/mol. The van der Waals surface area contributed by atoms with Gasteiger partial charge in [0.25, 0.3) is 5.91 Å². The predicted molar refractivity (Wildman–Crippen MR) is 90.5 cm³/mol. The number of piperazine rings is 1. The van der Waals surface area contributed by atoms with Crippen LogP contribution in [0.1, 0.15) is 10.6 Å². The number of nitrogens with one attached hydrogen (secondary N) is 1. The van der Waals surface area contributed by atoms with Gasteiger partial charge in [0.1, 0.15) is 5.75 Å². The van der Waals surface area contributed by atoms with E-state index >= 15 is 0 Å². The van der Waals surface area contributed by atoms with E-state index in [1.54, 1.807) is 13.2 Å². The van der Waals surface area contributed by atoms with Crippen molar-refractivity contribution in [3.8, 4) is 5.75 Å². The predicted octanol–water partition coefficient (Wildman–Crippen LogP) is 1.24. The molecule has 7 heteroatoms. The van der Waals surface area contributed by atoms with Crippen molar-refractivity contribution >= 4 is 11.6 Å². The standard InChI is InChI=1S/C17H22N4O3/c1-23-15-5-3-2-4-14(15)21-12-10-20(11-13-21)9-8-18-17(22)16-6-7-19-24-16/h2-7H,8-13H2,1H3,(H,18,22). The van der Waals surface area contributed by atoms with Crippen molar-refractivity contribution in [2.24, 2.45) is 0 Å². The molecule has 1 aromatic carbocycles. The van der Waals surface area contributed by atoms with Crippen molar-refractivity contribution in [2.75, 3.05) is 51.3 Å². The SMILES string of the molecule is COc1ccccc1N1CCN(CCNC(=O)c2ccno2)CC1. The number of ether oxygens (including phenoxy) is 1. The summed E-state index contributed by atoms with van der Waals surface area (Å²) in [5.74, 6) is 0.932. The number of hydrogen-bond donors (Lipinski definition) is 1. The number of methoxy groups -OCH3 is 1. The Bertz CT molecular complexity index is 652. The van der Waals surface area contributed by atoms with Crippen LogP contribution < -0.4 is 15.0 Å². The molecule has 128 valence electrons. The van der Waals surface area contributed by atoms with Crippen molar-refractivity contribution < 1.29 is 14.1 Å².